The van der Waals surface area contributed by atoms with Crippen LogP contribution in [0.1, 0.15) is 39.5 Å². The summed E-state index contributed by atoms with van der Waals surface area (Å²) in [6.45, 7) is 8.16. The van der Waals surface area contributed by atoms with Crippen LogP contribution in [0.4, 0.5) is 0 Å². The average molecular weight is 378 g/mol. The quantitative estimate of drug-likeness (QED) is 0.590. The lowest BCUT2D eigenvalue weighted by atomic mass is 9.38. The second-order valence-electron chi connectivity index (χ2n) is 10.2. The fourth-order valence-electron chi connectivity index (χ4n) is 8.09. The zero-order valence-corrected chi connectivity index (χ0v) is 16.2. The first-order chi connectivity index (χ1) is 12.6. The third kappa shape index (κ3) is 1.75. The molecule has 6 heteroatoms. The van der Waals surface area contributed by atoms with Gasteiger partial charge in [-0.2, -0.15) is 0 Å². The van der Waals surface area contributed by atoms with Crippen molar-refractivity contribution in [2.75, 3.05) is 7.11 Å². The van der Waals surface area contributed by atoms with Crippen LogP contribution in [0.3, 0.4) is 0 Å². The lowest BCUT2D eigenvalue weighted by molar-refractivity contribution is -0.272. The first-order valence-electron chi connectivity index (χ1n) is 10.1. The Morgan fingerprint density at radius 1 is 1.22 bits per heavy atom. The SMILES string of the molecule is C=C1C2CC3OC(OC)C45C(O)CCC(C)(C)C4C(O)C(=O)C(C2)(C1O)C35. The topological polar surface area (TPSA) is 96.2 Å². The molecule has 5 aliphatic rings. The number of aliphatic hydroxyl groups is 3. The van der Waals surface area contributed by atoms with Gasteiger partial charge in [0.25, 0.3) is 0 Å². The molecule has 10 unspecified atom stereocenters. The molecule has 10 atom stereocenters. The summed E-state index contributed by atoms with van der Waals surface area (Å²) < 4.78 is 12.1. The lowest BCUT2D eigenvalue weighted by Crippen LogP contribution is -2.74. The highest BCUT2D eigenvalue weighted by atomic mass is 16.7. The molecule has 4 aliphatic carbocycles. The minimum absolute atomic E-state index is 0.00431. The van der Waals surface area contributed by atoms with Crippen LogP contribution in [0.2, 0.25) is 0 Å². The minimum atomic E-state index is -1.26. The number of hydrogen-bond donors (Lipinski definition) is 3. The van der Waals surface area contributed by atoms with Crippen molar-refractivity contribution in [1.82, 2.24) is 0 Å². The fourth-order valence-corrected chi connectivity index (χ4v) is 8.09. The predicted molar refractivity (Wildman–Crippen MR) is 95.4 cm³/mol. The smallest absolute Gasteiger partial charge is 0.171 e. The number of hydrogen-bond acceptors (Lipinski definition) is 6. The summed E-state index contributed by atoms with van der Waals surface area (Å²) in [5, 5.41) is 33.8. The van der Waals surface area contributed by atoms with Gasteiger partial charge in [-0.05, 0) is 42.6 Å². The molecule has 0 aromatic heterocycles. The summed E-state index contributed by atoms with van der Waals surface area (Å²) >= 11 is 0. The van der Waals surface area contributed by atoms with Crippen LogP contribution in [0.5, 0.6) is 0 Å². The zero-order chi connectivity index (χ0) is 19.5. The number of Topliss-reactive ketones (excluding diaryl/α,β-unsaturated/α-hetero) is 1. The molecule has 5 rings (SSSR count). The molecule has 1 aliphatic heterocycles. The van der Waals surface area contributed by atoms with Gasteiger partial charge in [0.15, 0.2) is 12.1 Å². The molecular weight excluding hydrogens is 348 g/mol. The molecule has 3 N–H and O–H groups in total. The summed E-state index contributed by atoms with van der Waals surface area (Å²) in [5.74, 6) is -1.16. The Bertz CT molecular complexity index is 717. The molecule has 1 saturated heterocycles. The molecule has 0 radical (unpaired) electrons. The largest absolute Gasteiger partial charge is 0.392 e. The number of fused-ring (bicyclic) bond motifs is 1. The summed E-state index contributed by atoms with van der Waals surface area (Å²) in [6.07, 6.45) is -1.58. The van der Waals surface area contributed by atoms with E-state index >= 15 is 0 Å². The van der Waals surface area contributed by atoms with Crippen LogP contribution in [0.15, 0.2) is 12.2 Å². The number of carbonyl (C=O) groups excluding carboxylic acids is 1. The second kappa shape index (κ2) is 5.22. The Morgan fingerprint density at radius 3 is 2.59 bits per heavy atom. The Labute approximate surface area is 159 Å². The van der Waals surface area contributed by atoms with E-state index in [0.717, 1.165) is 0 Å². The van der Waals surface area contributed by atoms with E-state index in [9.17, 15) is 20.1 Å². The van der Waals surface area contributed by atoms with Gasteiger partial charge in [-0.3, -0.25) is 4.79 Å². The molecule has 1 heterocycles. The molecule has 0 aromatic rings. The van der Waals surface area contributed by atoms with Gasteiger partial charge < -0.3 is 24.8 Å². The number of ketones is 1. The first-order valence-corrected chi connectivity index (χ1v) is 10.1. The van der Waals surface area contributed by atoms with Crippen molar-refractivity contribution >= 4 is 5.78 Å². The molecule has 150 valence electrons. The van der Waals surface area contributed by atoms with E-state index < -0.39 is 41.3 Å². The minimum Gasteiger partial charge on any atom is -0.392 e. The maximum absolute atomic E-state index is 13.6. The highest BCUT2D eigenvalue weighted by molar-refractivity contribution is 5.93. The first kappa shape index (κ1) is 18.3. The Kier molecular flexibility index (Phi) is 3.53. The van der Waals surface area contributed by atoms with Crippen molar-refractivity contribution in [1.29, 1.82) is 0 Å². The van der Waals surface area contributed by atoms with Gasteiger partial charge >= 0.3 is 0 Å². The molecule has 2 bridgehead atoms. The summed E-state index contributed by atoms with van der Waals surface area (Å²) in [5.41, 5.74) is -1.74. The summed E-state index contributed by atoms with van der Waals surface area (Å²) in [4.78, 5) is 13.6. The number of aliphatic hydroxyl groups excluding tert-OH is 3. The molecule has 0 aromatic carbocycles. The van der Waals surface area contributed by atoms with Crippen molar-refractivity contribution in [3.05, 3.63) is 12.2 Å². The van der Waals surface area contributed by atoms with Gasteiger partial charge in [0, 0.05) is 18.9 Å². The number of ether oxygens (including phenoxy) is 2. The molecule has 27 heavy (non-hydrogen) atoms. The molecule has 4 saturated carbocycles. The van der Waals surface area contributed by atoms with Crippen molar-refractivity contribution in [2.24, 2.45) is 34.0 Å². The molecule has 6 nitrogen and oxygen atoms in total. The maximum atomic E-state index is 13.6. The Hall–Kier alpha value is -0.790. The van der Waals surface area contributed by atoms with Crippen LogP contribution in [-0.2, 0) is 14.3 Å². The van der Waals surface area contributed by atoms with Crippen LogP contribution >= 0.6 is 0 Å². The van der Waals surface area contributed by atoms with Gasteiger partial charge in [-0.15, -0.1) is 0 Å². The van der Waals surface area contributed by atoms with E-state index in [1.165, 1.54) is 0 Å². The standard InChI is InChI=1S/C21H30O6/c1-9-10-7-11-14-20(8-10,16(9)24)17(25)13(23)15-19(2,3)6-5-12(22)21(14,15)18(26-4)27-11/h10-16,18,22-24H,1,5-8H2,2-4H3. The van der Waals surface area contributed by atoms with E-state index in [4.69, 9.17) is 9.47 Å². The zero-order valence-electron chi connectivity index (χ0n) is 16.2. The van der Waals surface area contributed by atoms with E-state index in [1.54, 1.807) is 7.11 Å². The molecule has 0 amide bonds. The van der Waals surface area contributed by atoms with E-state index in [2.05, 4.69) is 20.4 Å². The Balaban J connectivity index is 1.80. The third-order valence-corrected chi connectivity index (χ3v) is 8.91. The summed E-state index contributed by atoms with van der Waals surface area (Å²) in [7, 11) is 1.56. The van der Waals surface area contributed by atoms with Crippen LogP contribution in [-0.4, -0.2) is 58.9 Å². The van der Waals surface area contributed by atoms with Crippen molar-refractivity contribution in [3.63, 3.8) is 0 Å². The monoisotopic (exact) mass is 378 g/mol. The van der Waals surface area contributed by atoms with Crippen LogP contribution in [0, 0.1) is 34.0 Å². The molecule has 5 fully saturated rings. The Morgan fingerprint density at radius 2 is 1.93 bits per heavy atom. The number of rotatable bonds is 1. The average Bonchev–Trinajstić information content (AvgIpc) is 3.05. The van der Waals surface area contributed by atoms with Crippen molar-refractivity contribution in [3.8, 4) is 0 Å². The second-order valence-corrected chi connectivity index (χ2v) is 10.2. The lowest BCUT2D eigenvalue weighted by Gasteiger charge is -2.65. The fraction of sp³-hybridized carbons (Fsp3) is 0.857. The third-order valence-electron chi connectivity index (χ3n) is 8.91. The van der Waals surface area contributed by atoms with Gasteiger partial charge in [0.1, 0.15) is 6.10 Å². The van der Waals surface area contributed by atoms with E-state index in [0.29, 0.717) is 31.3 Å². The normalized spacial score (nSPS) is 58.1. The van der Waals surface area contributed by atoms with Gasteiger partial charge in [0.05, 0.1) is 29.1 Å². The van der Waals surface area contributed by atoms with Crippen LogP contribution in [0.25, 0.3) is 0 Å². The van der Waals surface area contributed by atoms with Gasteiger partial charge in [-0.25, -0.2) is 0 Å². The van der Waals surface area contributed by atoms with E-state index in [-0.39, 0.29) is 29.1 Å². The summed E-state index contributed by atoms with van der Waals surface area (Å²) in [6, 6.07) is 0. The highest BCUT2D eigenvalue weighted by Crippen LogP contribution is 2.75. The van der Waals surface area contributed by atoms with Crippen molar-refractivity contribution < 1.29 is 29.6 Å². The van der Waals surface area contributed by atoms with Crippen molar-refractivity contribution in [2.45, 2.75) is 70.2 Å². The molecular formula is C21H30O6. The number of methoxy groups -OCH3 is 1. The number of carbonyl (C=O) groups is 1. The highest BCUT2D eigenvalue weighted by Gasteiger charge is 2.82. The van der Waals surface area contributed by atoms with E-state index in [1.807, 2.05) is 0 Å². The van der Waals surface area contributed by atoms with Gasteiger partial charge in [0.2, 0.25) is 0 Å². The maximum Gasteiger partial charge on any atom is 0.171 e. The molecule has 2 spiro atoms. The predicted octanol–water partition coefficient (Wildman–Crippen LogP) is 1.03. The van der Waals surface area contributed by atoms with Gasteiger partial charge in [-0.1, -0.05) is 20.4 Å². The van der Waals surface area contributed by atoms with Crippen LogP contribution < -0.4 is 0 Å².